The second-order valence-corrected chi connectivity index (χ2v) is 4.84. The second kappa shape index (κ2) is 5.73. The lowest BCUT2D eigenvalue weighted by molar-refractivity contribution is 0.346. The highest BCUT2D eigenvalue weighted by Gasteiger charge is 2.32. The third-order valence-electron chi connectivity index (χ3n) is 1.87. The van der Waals surface area contributed by atoms with E-state index >= 15 is 0 Å². The molecule has 5 nitrogen and oxygen atoms in total. The number of hydrogen-bond donors (Lipinski definition) is 4. The second-order valence-electron chi connectivity index (χ2n) is 2.99. The van der Waals surface area contributed by atoms with Crippen molar-refractivity contribution in [1.29, 1.82) is 0 Å². The predicted octanol–water partition coefficient (Wildman–Crippen LogP) is -0.177. The zero-order valence-corrected chi connectivity index (χ0v) is 8.65. The van der Waals surface area contributed by atoms with Crippen LogP contribution in [-0.4, -0.2) is 28.0 Å². The van der Waals surface area contributed by atoms with Crippen LogP contribution < -0.4 is 11.5 Å². The van der Waals surface area contributed by atoms with Crippen LogP contribution in [0.2, 0.25) is 0 Å². The van der Waals surface area contributed by atoms with Crippen molar-refractivity contribution in [3.63, 3.8) is 0 Å². The molecule has 0 rings (SSSR count). The van der Waals surface area contributed by atoms with Crippen LogP contribution in [-0.2, 0) is 4.57 Å². The van der Waals surface area contributed by atoms with Gasteiger partial charge in [-0.2, -0.15) is 0 Å². The molecular weight excluding hydrogens is 191 g/mol. The number of hydrogen-bond acceptors (Lipinski definition) is 3. The Morgan fingerprint density at radius 3 is 2.38 bits per heavy atom. The smallest absolute Gasteiger partial charge is 0.330 e. The summed E-state index contributed by atoms with van der Waals surface area (Å²) >= 11 is 0. The first-order chi connectivity index (χ1) is 5.93. The Kier molecular flexibility index (Phi) is 5.76. The molecule has 79 valence electrons. The van der Waals surface area contributed by atoms with E-state index in [4.69, 9.17) is 21.3 Å². The SMILES string of the molecule is CCCC(C(N)[CH]CN)P(=O)(O)O. The third-order valence-corrected chi connectivity index (χ3v) is 3.34. The fourth-order valence-corrected chi connectivity index (χ4v) is 2.36. The third kappa shape index (κ3) is 4.74. The van der Waals surface area contributed by atoms with E-state index in [0.717, 1.165) is 0 Å². The van der Waals surface area contributed by atoms with E-state index in [1.807, 2.05) is 6.92 Å². The van der Waals surface area contributed by atoms with Crippen molar-refractivity contribution in [2.45, 2.75) is 31.5 Å². The molecule has 0 saturated carbocycles. The van der Waals surface area contributed by atoms with Gasteiger partial charge in [-0.15, -0.1) is 0 Å². The minimum atomic E-state index is -4.09. The molecular formula is C7H18N2O3P. The van der Waals surface area contributed by atoms with E-state index in [2.05, 4.69) is 0 Å². The van der Waals surface area contributed by atoms with Crippen molar-refractivity contribution < 1.29 is 14.4 Å². The molecule has 0 aliphatic rings. The summed E-state index contributed by atoms with van der Waals surface area (Å²) in [7, 11) is -4.09. The first-order valence-electron chi connectivity index (χ1n) is 4.27. The molecule has 2 atom stereocenters. The van der Waals surface area contributed by atoms with Gasteiger partial charge in [0.25, 0.3) is 0 Å². The molecule has 0 spiro atoms. The van der Waals surface area contributed by atoms with Gasteiger partial charge in [0.05, 0.1) is 5.66 Å². The molecule has 0 fully saturated rings. The molecule has 0 bridgehead atoms. The minimum absolute atomic E-state index is 0.237. The average Bonchev–Trinajstić information content (AvgIpc) is 1.98. The zero-order chi connectivity index (χ0) is 10.5. The Bertz CT molecular complexity index is 183. The Hall–Kier alpha value is 0.0700. The highest BCUT2D eigenvalue weighted by molar-refractivity contribution is 7.52. The van der Waals surface area contributed by atoms with E-state index in [1.165, 1.54) is 6.42 Å². The van der Waals surface area contributed by atoms with Crippen LogP contribution in [0.15, 0.2) is 0 Å². The summed E-state index contributed by atoms with van der Waals surface area (Å²) in [4.78, 5) is 18.0. The molecule has 0 aliphatic heterocycles. The van der Waals surface area contributed by atoms with Crippen molar-refractivity contribution in [1.82, 2.24) is 0 Å². The topological polar surface area (TPSA) is 110 Å². The van der Waals surface area contributed by atoms with Crippen molar-refractivity contribution in [3.8, 4) is 0 Å². The summed E-state index contributed by atoms with van der Waals surface area (Å²) in [5.41, 5.74) is 10.0. The highest BCUT2D eigenvalue weighted by Crippen LogP contribution is 2.45. The van der Waals surface area contributed by atoms with Gasteiger partial charge < -0.3 is 21.3 Å². The van der Waals surface area contributed by atoms with Crippen LogP contribution in [0.5, 0.6) is 0 Å². The monoisotopic (exact) mass is 209 g/mol. The van der Waals surface area contributed by atoms with Gasteiger partial charge in [0.1, 0.15) is 0 Å². The van der Waals surface area contributed by atoms with Gasteiger partial charge in [-0.1, -0.05) is 13.3 Å². The molecule has 0 aromatic rings. The quantitative estimate of drug-likeness (QED) is 0.454. The summed E-state index contributed by atoms with van der Waals surface area (Å²) in [5.74, 6) is 0. The van der Waals surface area contributed by atoms with Crippen LogP contribution in [0, 0.1) is 6.42 Å². The normalized spacial score (nSPS) is 17.0. The summed E-state index contributed by atoms with van der Waals surface area (Å²) in [6, 6.07) is -0.620. The Morgan fingerprint density at radius 2 is 2.08 bits per heavy atom. The lowest BCUT2D eigenvalue weighted by atomic mass is 10.1. The van der Waals surface area contributed by atoms with Gasteiger partial charge in [0.2, 0.25) is 0 Å². The van der Waals surface area contributed by atoms with Crippen LogP contribution in [0.25, 0.3) is 0 Å². The first-order valence-corrected chi connectivity index (χ1v) is 5.95. The number of rotatable bonds is 6. The van der Waals surface area contributed by atoms with Gasteiger partial charge in [0, 0.05) is 6.04 Å². The molecule has 0 saturated heterocycles. The fourth-order valence-electron chi connectivity index (χ4n) is 1.19. The van der Waals surface area contributed by atoms with E-state index in [1.54, 1.807) is 0 Å². The van der Waals surface area contributed by atoms with Gasteiger partial charge in [-0.25, -0.2) is 0 Å². The highest BCUT2D eigenvalue weighted by atomic mass is 31.2. The van der Waals surface area contributed by atoms with Crippen molar-refractivity contribution in [3.05, 3.63) is 6.42 Å². The first kappa shape index (κ1) is 13.1. The van der Waals surface area contributed by atoms with E-state index in [0.29, 0.717) is 12.8 Å². The fraction of sp³-hybridized carbons (Fsp3) is 0.857. The van der Waals surface area contributed by atoms with Crippen LogP contribution in [0.3, 0.4) is 0 Å². The Balaban J connectivity index is 4.32. The maximum atomic E-state index is 11.0. The molecule has 6 N–H and O–H groups in total. The molecule has 0 aromatic heterocycles. The van der Waals surface area contributed by atoms with E-state index < -0.39 is 19.3 Å². The summed E-state index contributed by atoms with van der Waals surface area (Å²) in [6.07, 6.45) is 2.64. The molecule has 0 heterocycles. The van der Waals surface area contributed by atoms with Gasteiger partial charge in [-0.3, -0.25) is 4.57 Å². The molecule has 0 aromatic carbocycles. The maximum Gasteiger partial charge on any atom is 0.330 e. The van der Waals surface area contributed by atoms with Crippen LogP contribution >= 0.6 is 7.60 Å². The van der Waals surface area contributed by atoms with Gasteiger partial charge >= 0.3 is 7.60 Å². The lowest BCUT2D eigenvalue weighted by Crippen LogP contribution is -2.37. The summed E-state index contributed by atoms with van der Waals surface area (Å²) in [5, 5.41) is 0. The van der Waals surface area contributed by atoms with Crippen LogP contribution in [0.1, 0.15) is 19.8 Å². The number of nitrogens with two attached hydrogens (primary N) is 2. The standard InChI is InChI=1S/C7H18N2O3P/c1-2-3-7(13(10,11)12)6(9)4-5-8/h4,6-7H,2-3,5,8-9H2,1H3,(H2,10,11,12). The Labute approximate surface area is 78.7 Å². The predicted molar refractivity (Wildman–Crippen MR) is 52.1 cm³/mol. The molecule has 6 heteroatoms. The van der Waals surface area contributed by atoms with Gasteiger partial charge in [-0.05, 0) is 19.4 Å². The van der Waals surface area contributed by atoms with Gasteiger partial charge in [0.15, 0.2) is 0 Å². The van der Waals surface area contributed by atoms with Crippen LogP contribution in [0.4, 0.5) is 0 Å². The largest absolute Gasteiger partial charge is 0.330 e. The van der Waals surface area contributed by atoms with Crippen molar-refractivity contribution >= 4 is 7.60 Å². The summed E-state index contributed by atoms with van der Waals surface area (Å²) in [6.45, 7) is 2.10. The zero-order valence-electron chi connectivity index (χ0n) is 7.76. The summed E-state index contributed by atoms with van der Waals surface area (Å²) < 4.78 is 11.0. The molecule has 1 radical (unpaired) electrons. The molecule has 13 heavy (non-hydrogen) atoms. The van der Waals surface area contributed by atoms with E-state index in [-0.39, 0.29) is 6.54 Å². The lowest BCUT2D eigenvalue weighted by Gasteiger charge is -2.23. The van der Waals surface area contributed by atoms with E-state index in [9.17, 15) is 4.57 Å². The molecule has 0 amide bonds. The maximum absolute atomic E-state index is 11.0. The van der Waals surface area contributed by atoms with Crippen molar-refractivity contribution in [2.24, 2.45) is 11.5 Å². The molecule has 2 unspecified atom stereocenters. The van der Waals surface area contributed by atoms with Crippen molar-refractivity contribution in [2.75, 3.05) is 6.54 Å². The minimum Gasteiger partial charge on any atom is -0.330 e. The molecule has 0 aliphatic carbocycles. The Morgan fingerprint density at radius 1 is 1.54 bits per heavy atom. The average molecular weight is 209 g/mol.